The maximum atomic E-state index is 13.4. The lowest BCUT2D eigenvalue weighted by Crippen LogP contribution is -2.40. The molecule has 6 nitrogen and oxygen atoms in total. The van der Waals surface area contributed by atoms with Gasteiger partial charge in [-0.15, -0.1) is 0 Å². The zero-order valence-corrected chi connectivity index (χ0v) is 21.1. The third-order valence-electron chi connectivity index (χ3n) is 4.64. The summed E-state index contributed by atoms with van der Waals surface area (Å²) in [6, 6.07) is 20.5. The van der Waals surface area contributed by atoms with Crippen molar-refractivity contribution in [1.29, 1.82) is 0 Å². The molecule has 0 aliphatic rings. The minimum atomic E-state index is -4.00. The number of aryl methyl sites for hydroxylation is 1. The lowest BCUT2D eigenvalue weighted by atomic mass is 10.1. The van der Waals surface area contributed by atoms with Gasteiger partial charge in [-0.25, -0.2) is 13.8 Å². The molecule has 0 aliphatic carbocycles. The first-order valence-electron chi connectivity index (χ1n) is 9.61. The van der Waals surface area contributed by atoms with Gasteiger partial charge in [-0.2, -0.15) is 5.10 Å². The van der Waals surface area contributed by atoms with Gasteiger partial charge in [0.2, 0.25) is 0 Å². The van der Waals surface area contributed by atoms with Crippen molar-refractivity contribution in [2.45, 2.75) is 18.7 Å². The van der Waals surface area contributed by atoms with Gasteiger partial charge in [0.05, 0.1) is 16.3 Å². The number of hydrogen-bond acceptors (Lipinski definition) is 4. The van der Waals surface area contributed by atoms with Crippen LogP contribution in [0.5, 0.6) is 0 Å². The molecule has 0 heterocycles. The van der Waals surface area contributed by atoms with Gasteiger partial charge in [0.25, 0.3) is 15.9 Å². The number of anilines is 1. The Kier molecular flexibility index (Phi) is 7.91. The molecule has 3 aromatic rings. The summed E-state index contributed by atoms with van der Waals surface area (Å²) in [4.78, 5) is 12.8. The van der Waals surface area contributed by atoms with E-state index in [0.717, 1.165) is 13.4 Å². The van der Waals surface area contributed by atoms with Gasteiger partial charge in [0, 0.05) is 8.59 Å². The van der Waals surface area contributed by atoms with Crippen LogP contribution in [0.1, 0.15) is 18.1 Å². The fraction of sp³-hybridized carbons (Fsp3) is 0.130. The van der Waals surface area contributed by atoms with Gasteiger partial charge in [-0.05, 0) is 90.0 Å². The lowest BCUT2D eigenvalue weighted by Gasteiger charge is -2.25. The normalized spacial score (nSPS) is 11.8. The van der Waals surface area contributed by atoms with Crippen LogP contribution in [-0.4, -0.2) is 26.6 Å². The molecule has 0 saturated heterocycles. The second-order valence-electron chi connectivity index (χ2n) is 7.00. The summed E-state index contributed by atoms with van der Waals surface area (Å²) in [5.74, 6) is -0.566. The highest BCUT2D eigenvalue weighted by molar-refractivity contribution is 14.1. The van der Waals surface area contributed by atoms with E-state index in [2.05, 4.69) is 33.1 Å². The number of rotatable bonds is 7. The molecule has 0 aromatic heterocycles. The van der Waals surface area contributed by atoms with Gasteiger partial charge in [-0.1, -0.05) is 41.9 Å². The smallest absolute Gasteiger partial charge is 0.264 e. The Balaban J connectivity index is 1.90. The Labute approximate surface area is 206 Å². The number of nitrogens with one attached hydrogen (secondary N) is 1. The second-order valence-corrected chi connectivity index (χ2v) is 10.5. The first kappa shape index (κ1) is 24.2. The van der Waals surface area contributed by atoms with E-state index in [9.17, 15) is 13.2 Å². The molecule has 3 rings (SSSR count). The van der Waals surface area contributed by atoms with E-state index < -0.39 is 22.5 Å². The maximum Gasteiger partial charge on any atom is 0.264 e. The molecule has 0 radical (unpaired) electrons. The summed E-state index contributed by atoms with van der Waals surface area (Å²) >= 11 is 8.24. The summed E-state index contributed by atoms with van der Waals surface area (Å²) in [5, 5.41) is 4.62. The van der Waals surface area contributed by atoms with E-state index in [1.807, 2.05) is 24.3 Å². The highest BCUT2D eigenvalue weighted by atomic mass is 127. The largest absolute Gasteiger partial charge is 0.271 e. The summed E-state index contributed by atoms with van der Waals surface area (Å²) in [6.45, 7) is 3.07. The van der Waals surface area contributed by atoms with Gasteiger partial charge in [0.1, 0.15) is 6.54 Å². The standard InChI is InChI=1S/C23H21ClIN3O3S/c1-16-13-19(24)11-12-22(16)28(32(30,31)21-9-4-3-5-10-21)15-23(29)27-26-17(2)18-7-6-8-20(25)14-18/h3-14H,15H2,1-2H3,(H,27,29)/b26-17-. The molecule has 0 unspecified atom stereocenters. The third kappa shape index (κ3) is 5.87. The van der Waals surface area contributed by atoms with Gasteiger partial charge in [0.15, 0.2) is 0 Å². The van der Waals surface area contributed by atoms with Crippen LogP contribution in [0.2, 0.25) is 5.02 Å². The van der Waals surface area contributed by atoms with Gasteiger partial charge in [-0.3, -0.25) is 9.10 Å². The van der Waals surface area contributed by atoms with Crippen molar-refractivity contribution in [3.05, 3.63) is 92.5 Å². The Morgan fingerprint density at radius 2 is 1.78 bits per heavy atom. The van der Waals surface area contributed by atoms with Crippen LogP contribution in [-0.2, 0) is 14.8 Å². The predicted molar refractivity (Wildman–Crippen MR) is 137 cm³/mol. The summed E-state index contributed by atoms with van der Waals surface area (Å²) in [6.07, 6.45) is 0. The molecular weight excluding hydrogens is 561 g/mol. The van der Waals surface area contributed by atoms with Crippen molar-refractivity contribution in [3.8, 4) is 0 Å². The predicted octanol–water partition coefficient (Wildman–Crippen LogP) is 4.99. The minimum absolute atomic E-state index is 0.0840. The lowest BCUT2D eigenvalue weighted by molar-refractivity contribution is -0.119. The number of carbonyl (C=O) groups is 1. The minimum Gasteiger partial charge on any atom is -0.271 e. The molecule has 0 aliphatic heterocycles. The number of amides is 1. The molecule has 0 bridgehead atoms. The van der Waals surface area contributed by atoms with Crippen molar-refractivity contribution < 1.29 is 13.2 Å². The first-order valence-corrected chi connectivity index (χ1v) is 12.5. The van der Waals surface area contributed by atoms with E-state index in [1.165, 1.54) is 12.1 Å². The van der Waals surface area contributed by atoms with Gasteiger partial charge < -0.3 is 0 Å². The Morgan fingerprint density at radius 1 is 1.06 bits per heavy atom. The van der Waals surface area contributed by atoms with Crippen LogP contribution >= 0.6 is 34.2 Å². The van der Waals surface area contributed by atoms with Crippen LogP contribution in [0.25, 0.3) is 0 Å². The van der Waals surface area contributed by atoms with E-state index >= 15 is 0 Å². The van der Waals surface area contributed by atoms with E-state index in [1.54, 1.807) is 50.2 Å². The highest BCUT2D eigenvalue weighted by Crippen LogP contribution is 2.28. The molecule has 9 heteroatoms. The zero-order chi connectivity index (χ0) is 23.3. The topological polar surface area (TPSA) is 78.8 Å². The van der Waals surface area contributed by atoms with E-state index in [4.69, 9.17) is 11.6 Å². The van der Waals surface area contributed by atoms with Crippen LogP contribution in [0.4, 0.5) is 5.69 Å². The average Bonchev–Trinajstić information content (AvgIpc) is 2.77. The van der Waals surface area contributed by atoms with Crippen LogP contribution in [0, 0.1) is 10.5 Å². The highest BCUT2D eigenvalue weighted by Gasteiger charge is 2.28. The maximum absolute atomic E-state index is 13.4. The van der Waals surface area contributed by atoms with Crippen LogP contribution in [0.3, 0.4) is 0 Å². The summed E-state index contributed by atoms with van der Waals surface area (Å²) in [5.41, 5.74) is 4.93. The number of hydrazone groups is 1. The molecular formula is C23H21ClIN3O3S. The second kappa shape index (κ2) is 10.5. The molecule has 0 atom stereocenters. The van der Waals surface area contributed by atoms with Crippen molar-refractivity contribution in [2.75, 3.05) is 10.8 Å². The van der Waals surface area contributed by atoms with Crippen molar-refractivity contribution in [1.82, 2.24) is 5.43 Å². The van der Waals surface area contributed by atoms with Crippen molar-refractivity contribution >= 4 is 61.5 Å². The molecule has 1 N–H and O–H groups in total. The fourth-order valence-corrected chi connectivity index (χ4v) is 5.28. The fourth-order valence-electron chi connectivity index (χ4n) is 3.01. The molecule has 32 heavy (non-hydrogen) atoms. The number of hydrogen-bond donors (Lipinski definition) is 1. The summed E-state index contributed by atoms with van der Waals surface area (Å²) < 4.78 is 28.9. The Bertz CT molecular complexity index is 1260. The van der Waals surface area contributed by atoms with E-state index in [0.29, 0.717) is 22.0 Å². The molecule has 166 valence electrons. The van der Waals surface area contributed by atoms with Crippen LogP contribution in [0.15, 0.2) is 82.8 Å². The van der Waals surface area contributed by atoms with Crippen molar-refractivity contribution in [3.63, 3.8) is 0 Å². The molecule has 0 fully saturated rings. The Morgan fingerprint density at radius 3 is 2.44 bits per heavy atom. The quantitative estimate of drug-likeness (QED) is 0.243. The number of carbonyl (C=O) groups excluding carboxylic acids is 1. The monoisotopic (exact) mass is 581 g/mol. The zero-order valence-electron chi connectivity index (χ0n) is 17.4. The van der Waals surface area contributed by atoms with E-state index in [-0.39, 0.29) is 4.90 Å². The summed E-state index contributed by atoms with van der Waals surface area (Å²) in [7, 11) is -4.00. The van der Waals surface area contributed by atoms with Gasteiger partial charge >= 0.3 is 0 Å². The number of halogens is 2. The third-order valence-corrected chi connectivity index (χ3v) is 7.32. The van der Waals surface area contributed by atoms with Crippen molar-refractivity contribution in [2.24, 2.45) is 5.10 Å². The molecule has 3 aromatic carbocycles. The Hall–Kier alpha value is -2.43. The number of benzene rings is 3. The molecule has 0 saturated carbocycles. The number of sulfonamides is 1. The molecule has 1 amide bonds. The van der Waals surface area contributed by atoms with Crippen LogP contribution < -0.4 is 9.73 Å². The first-order chi connectivity index (χ1) is 15.2. The SMILES string of the molecule is C/C(=N/NC(=O)CN(c1ccc(Cl)cc1C)S(=O)(=O)c1ccccc1)c1cccc(I)c1. The molecule has 0 spiro atoms. The average molecular weight is 582 g/mol. The number of nitrogens with zero attached hydrogens (tertiary/aromatic N) is 2.